The van der Waals surface area contributed by atoms with Gasteiger partial charge >= 0.3 is 12.4 Å². The summed E-state index contributed by atoms with van der Waals surface area (Å²) < 4.78 is 75.0. The van der Waals surface area contributed by atoms with Gasteiger partial charge in [-0.3, -0.25) is 0 Å². The van der Waals surface area contributed by atoms with Gasteiger partial charge in [-0.15, -0.1) is 11.6 Å². The van der Waals surface area contributed by atoms with Crippen LogP contribution in [0.1, 0.15) is 16.7 Å². The summed E-state index contributed by atoms with van der Waals surface area (Å²) in [5.41, 5.74) is -4.09. The number of halogens is 8. The molecule has 0 aliphatic heterocycles. The highest BCUT2D eigenvalue weighted by atomic mass is 79.9. The van der Waals surface area contributed by atoms with Crippen LogP contribution in [0.25, 0.3) is 0 Å². The molecule has 0 aromatic heterocycles. The van der Waals surface area contributed by atoms with Crippen molar-refractivity contribution in [2.45, 2.75) is 18.2 Å². The molecule has 1 aromatic rings. The molecule has 0 unspecified atom stereocenters. The molecule has 8 heteroatoms. The third-order valence-electron chi connectivity index (χ3n) is 1.95. The fourth-order valence-corrected chi connectivity index (χ4v) is 2.11. The van der Waals surface area contributed by atoms with Gasteiger partial charge in [0, 0.05) is 10.4 Å². The van der Waals surface area contributed by atoms with E-state index in [2.05, 4.69) is 15.9 Å². The summed E-state index contributed by atoms with van der Waals surface area (Å²) in [7, 11) is 0. The molecule has 0 amide bonds. The van der Waals surface area contributed by atoms with Crippen molar-refractivity contribution in [1.29, 1.82) is 0 Å². The van der Waals surface area contributed by atoms with Gasteiger partial charge in [0.25, 0.3) is 0 Å². The molecule has 0 atom stereocenters. The SMILES string of the molecule is FC(F)(F)c1c(Br)ccc(CCl)c1C(F)(F)F. The third-order valence-corrected chi connectivity index (χ3v) is 2.90. The molecule has 0 saturated heterocycles. The number of alkyl halides is 7. The Morgan fingerprint density at radius 3 is 1.76 bits per heavy atom. The smallest absolute Gasteiger partial charge is 0.166 e. The van der Waals surface area contributed by atoms with Gasteiger partial charge in [0.05, 0.1) is 11.1 Å². The Balaban J connectivity index is 3.67. The lowest BCUT2D eigenvalue weighted by atomic mass is 10.0. The number of hydrogen-bond donors (Lipinski definition) is 0. The lowest BCUT2D eigenvalue weighted by Gasteiger charge is -2.19. The van der Waals surface area contributed by atoms with Gasteiger partial charge in [0.15, 0.2) is 0 Å². The van der Waals surface area contributed by atoms with Crippen molar-refractivity contribution in [1.82, 2.24) is 0 Å². The van der Waals surface area contributed by atoms with E-state index in [1.807, 2.05) is 0 Å². The second-order valence-electron chi connectivity index (χ2n) is 3.09. The van der Waals surface area contributed by atoms with Crippen LogP contribution < -0.4 is 0 Å². The first-order chi connectivity index (χ1) is 7.59. The van der Waals surface area contributed by atoms with Crippen LogP contribution in [-0.4, -0.2) is 0 Å². The first kappa shape index (κ1) is 14.6. The Labute approximate surface area is 106 Å². The molecule has 0 bridgehead atoms. The van der Waals surface area contributed by atoms with E-state index in [0.717, 1.165) is 12.1 Å². The third kappa shape index (κ3) is 3.07. The summed E-state index contributed by atoms with van der Waals surface area (Å²) in [4.78, 5) is 0. The highest BCUT2D eigenvalue weighted by molar-refractivity contribution is 9.10. The Morgan fingerprint density at radius 2 is 1.41 bits per heavy atom. The predicted octanol–water partition coefficient (Wildman–Crippen LogP) is 5.23. The molecule has 17 heavy (non-hydrogen) atoms. The molecule has 0 fully saturated rings. The predicted molar refractivity (Wildman–Crippen MR) is 53.7 cm³/mol. The minimum atomic E-state index is -5.11. The highest BCUT2D eigenvalue weighted by Crippen LogP contribution is 2.45. The lowest BCUT2D eigenvalue weighted by Crippen LogP contribution is -2.19. The van der Waals surface area contributed by atoms with Crippen LogP contribution in [0.5, 0.6) is 0 Å². The van der Waals surface area contributed by atoms with Crippen molar-refractivity contribution in [3.63, 3.8) is 0 Å². The lowest BCUT2D eigenvalue weighted by molar-refractivity contribution is -0.162. The molecule has 0 aliphatic carbocycles. The van der Waals surface area contributed by atoms with Gasteiger partial charge < -0.3 is 0 Å². The van der Waals surface area contributed by atoms with Crippen molar-refractivity contribution in [2.24, 2.45) is 0 Å². The minimum absolute atomic E-state index is 0.602. The standard InChI is InChI=1S/C9H4BrClF6/c10-5-2-1-4(3-11)6(8(12,13)14)7(5)9(15,16)17/h1-2H,3H2. The monoisotopic (exact) mass is 340 g/mol. The fourth-order valence-electron chi connectivity index (χ4n) is 1.33. The number of benzene rings is 1. The summed E-state index contributed by atoms with van der Waals surface area (Å²) in [6.07, 6.45) is -10.2. The first-order valence-corrected chi connectivity index (χ1v) is 5.43. The second-order valence-corrected chi connectivity index (χ2v) is 4.21. The Hall–Kier alpha value is -0.430. The van der Waals surface area contributed by atoms with Crippen molar-refractivity contribution in [2.75, 3.05) is 0 Å². The quantitative estimate of drug-likeness (QED) is 0.485. The minimum Gasteiger partial charge on any atom is -0.166 e. The summed E-state index contributed by atoms with van der Waals surface area (Å²) in [6, 6.07) is 1.81. The highest BCUT2D eigenvalue weighted by Gasteiger charge is 2.46. The van der Waals surface area contributed by atoms with Crippen molar-refractivity contribution < 1.29 is 26.3 Å². The number of hydrogen-bond acceptors (Lipinski definition) is 0. The maximum atomic E-state index is 12.6. The summed E-state index contributed by atoms with van der Waals surface area (Å²) in [5, 5.41) is 0. The zero-order chi connectivity index (χ0) is 13.4. The first-order valence-electron chi connectivity index (χ1n) is 4.10. The van der Waals surface area contributed by atoms with E-state index in [1.165, 1.54) is 0 Å². The molecular weight excluding hydrogens is 337 g/mol. The molecular formula is C9H4BrClF6. The van der Waals surface area contributed by atoms with Crippen molar-refractivity contribution >= 4 is 27.5 Å². The van der Waals surface area contributed by atoms with E-state index in [1.54, 1.807) is 0 Å². The maximum absolute atomic E-state index is 12.6. The molecule has 96 valence electrons. The van der Waals surface area contributed by atoms with Gasteiger partial charge in [0.2, 0.25) is 0 Å². The van der Waals surface area contributed by atoms with Crippen LogP contribution in [0.4, 0.5) is 26.3 Å². The summed E-state index contributed by atoms with van der Waals surface area (Å²) in [6.45, 7) is 0. The van der Waals surface area contributed by atoms with E-state index >= 15 is 0 Å². The van der Waals surface area contributed by atoms with Gasteiger partial charge in [-0.2, -0.15) is 26.3 Å². The maximum Gasteiger partial charge on any atom is 0.418 e. The Morgan fingerprint density at radius 1 is 0.941 bits per heavy atom. The van der Waals surface area contributed by atoms with Crippen LogP contribution in [0.2, 0.25) is 0 Å². The van der Waals surface area contributed by atoms with Crippen molar-refractivity contribution in [3.05, 3.63) is 33.3 Å². The molecule has 1 aromatic carbocycles. The van der Waals surface area contributed by atoms with Crippen LogP contribution in [0.15, 0.2) is 16.6 Å². The van der Waals surface area contributed by atoms with Gasteiger partial charge in [-0.1, -0.05) is 22.0 Å². The molecule has 0 nitrogen and oxygen atoms in total. The van der Waals surface area contributed by atoms with Crippen LogP contribution in [0.3, 0.4) is 0 Å². The van der Waals surface area contributed by atoms with E-state index in [9.17, 15) is 26.3 Å². The van der Waals surface area contributed by atoms with Crippen LogP contribution in [-0.2, 0) is 18.2 Å². The molecule has 0 saturated carbocycles. The molecule has 0 N–H and O–H groups in total. The van der Waals surface area contributed by atoms with Crippen LogP contribution in [0, 0.1) is 0 Å². The molecule has 0 radical (unpaired) electrons. The van der Waals surface area contributed by atoms with E-state index < -0.39 is 39.4 Å². The fraction of sp³-hybridized carbons (Fsp3) is 0.333. The van der Waals surface area contributed by atoms with E-state index in [-0.39, 0.29) is 0 Å². The van der Waals surface area contributed by atoms with Gasteiger partial charge in [-0.05, 0) is 11.6 Å². The summed E-state index contributed by atoms with van der Waals surface area (Å²) >= 11 is 7.71. The van der Waals surface area contributed by atoms with Gasteiger partial charge in [-0.25, -0.2) is 0 Å². The zero-order valence-electron chi connectivity index (χ0n) is 7.89. The Kier molecular flexibility index (Phi) is 4.03. The zero-order valence-corrected chi connectivity index (χ0v) is 10.2. The van der Waals surface area contributed by atoms with Crippen molar-refractivity contribution in [3.8, 4) is 0 Å². The topological polar surface area (TPSA) is 0 Å². The van der Waals surface area contributed by atoms with Gasteiger partial charge in [0.1, 0.15) is 0 Å². The molecule has 0 spiro atoms. The largest absolute Gasteiger partial charge is 0.418 e. The number of rotatable bonds is 1. The average molecular weight is 341 g/mol. The molecule has 1 rings (SSSR count). The normalized spacial score (nSPS) is 12.9. The molecule has 0 aliphatic rings. The van der Waals surface area contributed by atoms with Crippen LogP contribution >= 0.6 is 27.5 Å². The summed E-state index contributed by atoms with van der Waals surface area (Å²) in [5.74, 6) is -0.648. The second kappa shape index (κ2) is 4.68. The van der Waals surface area contributed by atoms with E-state index in [0.29, 0.717) is 0 Å². The Bertz CT molecular complexity index is 423. The van der Waals surface area contributed by atoms with E-state index in [4.69, 9.17) is 11.6 Å². The average Bonchev–Trinajstić information content (AvgIpc) is 2.13. The molecule has 0 heterocycles.